The Morgan fingerprint density at radius 1 is 1.07 bits per heavy atom. The molecule has 148 valence electrons. The van der Waals surface area contributed by atoms with Crippen LogP contribution in [0.1, 0.15) is 33.6 Å². The summed E-state index contributed by atoms with van der Waals surface area (Å²) in [6, 6.07) is 11.8. The van der Waals surface area contributed by atoms with Crippen molar-refractivity contribution in [2.75, 3.05) is 32.7 Å². The zero-order valence-electron chi connectivity index (χ0n) is 16.0. The van der Waals surface area contributed by atoms with Crippen LogP contribution in [0.5, 0.6) is 11.5 Å². The fraction of sp³-hybridized carbons (Fsp3) is 0.333. The van der Waals surface area contributed by atoms with E-state index in [1.54, 1.807) is 42.5 Å². The molecule has 2 N–H and O–H groups in total. The number of para-hydroxylation sites is 1. The van der Waals surface area contributed by atoms with Gasteiger partial charge in [0.05, 0.1) is 31.6 Å². The summed E-state index contributed by atoms with van der Waals surface area (Å²) < 4.78 is 15.9. The molecule has 1 aliphatic rings. The zero-order valence-corrected chi connectivity index (χ0v) is 16.0. The molecule has 0 aliphatic carbocycles. The van der Waals surface area contributed by atoms with E-state index in [2.05, 4.69) is 10.6 Å². The largest absolute Gasteiger partial charge is 0.497 e. The second kappa shape index (κ2) is 9.23. The van der Waals surface area contributed by atoms with Gasteiger partial charge >= 0.3 is 0 Å². The standard InChI is InChI=1S/C21H24N2O5/c1-26-16-10-14(11-17(12-16)27-2)20(24)23-19-8-4-3-7-18(19)21(25)22-13-15-6-5-9-28-15/h3-4,7-8,10-12,15H,5-6,9,13H2,1-2H3,(H,22,25)(H,23,24)/t15-/m0/s1. The van der Waals surface area contributed by atoms with Crippen LogP contribution in [0.2, 0.25) is 0 Å². The lowest BCUT2D eigenvalue weighted by atomic mass is 10.1. The third-order valence-corrected chi connectivity index (χ3v) is 4.55. The van der Waals surface area contributed by atoms with E-state index < -0.39 is 0 Å². The Labute approximate surface area is 164 Å². The number of hydrogen-bond donors (Lipinski definition) is 2. The fourth-order valence-corrected chi connectivity index (χ4v) is 3.03. The van der Waals surface area contributed by atoms with Crippen LogP contribution in [0.15, 0.2) is 42.5 Å². The van der Waals surface area contributed by atoms with Gasteiger partial charge in [-0.1, -0.05) is 12.1 Å². The van der Waals surface area contributed by atoms with E-state index in [-0.39, 0.29) is 17.9 Å². The number of hydrogen-bond acceptors (Lipinski definition) is 5. The highest BCUT2D eigenvalue weighted by Crippen LogP contribution is 2.24. The number of nitrogens with one attached hydrogen (secondary N) is 2. The second-order valence-corrected chi connectivity index (χ2v) is 6.45. The van der Waals surface area contributed by atoms with Gasteiger partial charge in [-0.05, 0) is 37.1 Å². The van der Waals surface area contributed by atoms with Crippen LogP contribution in [0, 0.1) is 0 Å². The molecule has 0 bridgehead atoms. The van der Waals surface area contributed by atoms with Gasteiger partial charge in [-0.2, -0.15) is 0 Å². The summed E-state index contributed by atoms with van der Waals surface area (Å²) in [5.41, 5.74) is 1.19. The Balaban J connectivity index is 1.73. The monoisotopic (exact) mass is 384 g/mol. The van der Waals surface area contributed by atoms with Gasteiger partial charge in [-0.25, -0.2) is 0 Å². The van der Waals surface area contributed by atoms with Crippen LogP contribution < -0.4 is 20.1 Å². The van der Waals surface area contributed by atoms with Crippen molar-refractivity contribution < 1.29 is 23.8 Å². The summed E-state index contributed by atoms with van der Waals surface area (Å²) in [6.45, 7) is 1.19. The molecule has 7 nitrogen and oxygen atoms in total. The van der Waals surface area contributed by atoms with Gasteiger partial charge in [0, 0.05) is 24.8 Å². The van der Waals surface area contributed by atoms with Crippen molar-refractivity contribution in [1.82, 2.24) is 5.32 Å². The van der Waals surface area contributed by atoms with Crippen LogP contribution in [-0.2, 0) is 4.74 Å². The normalized spacial score (nSPS) is 15.7. The SMILES string of the molecule is COc1cc(OC)cc(C(=O)Nc2ccccc2C(=O)NC[C@@H]2CCCO2)c1. The molecule has 2 amide bonds. The Bertz CT molecular complexity index is 824. The molecule has 7 heteroatoms. The van der Waals surface area contributed by atoms with Crippen molar-refractivity contribution in [3.05, 3.63) is 53.6 Å². The molecule has 0 aromatic heterocycles. The number of ether oxygens (including phenoxy) is 3. The fourth-order valence-electron chi connectivity index (χ4n) is 3.03. The third-order valence-electron chi connectivity index (χ3n) is 4.55. The van der Waals surface area contributed by atoms with Crippen molar-refractivity contribution >= 4 is 17.5 Å². The molecular weight excluding hydrogens is 360 g/mol. The molecule has 2 aromatic carbocycles. The summed E-state index contributed by atoms with van der Waals surface area (Å²) in [7, 11) is 3.04. The minimum absolute atomic E-state index is 0.0509. The maximum Gasteiger partial charge on any atom is 0.255 e. The van der Waals surface area contributed by atoms with Crippen LogP contribution >= 0.6 is 0 Å². The number of carbonyl (C=O) groups is 2. The minimum atomic E-state index is -0.364. The van der Waals surface area contributed by atoms with Gasteiger partial charge < -0.3 is 24.8 Å². The van der Waals surface area contributed by atoms with Crippen molar-refractivity contribution in [2.24, 2.45) is 0 Å². The first-order chi connectivity index (χ1) is 13.6. The highest BCUT2D eigenvalue weighted by atomic mass is 16.5. The van der Waals surface area contributed by atoms with E-state index in [4.69, 9.17) is 14.2 Å². The molecule has 0 radical (unpaired) electrons. The first-order valence-electron chi connectivity index (χ1n) is 9.14. The maximum absolute atomic E-state index is 12.7. The molecule has 3 rings (SSSR count). The Kier molecular flexibility index (Phi) is 6.49. The number of rotatable bonds is 7. The molecule has 1 fully saturated rings. The Hall–Kier alpha value is -3.06. The molecular formula is C21H24N2O5. The lowest BCUT2D eigenvalue weighted by Crippen LogP contribution is -2.32. The van der Waals surface area contributed by atoms with Gasteiger partial charge in [-0.3, -0.25) is 9.59 Å². The molecule has 1 aliphatic heterocycles. The molecule has 28 heavy (non-hydrogen) atoms. The summed E-state index contributed by atoms with van der Waals surface area (Å²) >= 11 is 0. The van der Waals surface area contributed by atoms with Crippen LogP contribution in [0.3, 0.4) is 0 Å². The van der Waals surface area contributed by atoms with Gasteiger partial charge in [0.1, 0.15) is 11.5 Å². The summed E-state index contributed by atoms with van der Waals surface area (Å²) in [6.07, 6.45) is 2.00. The molecule has 1 atom stereocenters. The second-order valence-electron chi connectivity index (χ2n) is 6.45. The van der Waals surface area contributed by atoms with E-state index in [0.29, 0.717) is 34.9 Å². The maximum atomic E-state index is 12.7. The van der Waals surface area contributed by atoms with Crippen LogP contribution in [0.25, 0.3) is 0 Å². The van der Waals surface area contributed by atoms with E-state index in [1.807, 2.05) is 0 Å². The summed E-state index contributed by atoms with van der Waals surface area (Å²) in [5, 5.41) is 5.67. The lowest BCUT2D eigenvalue weighted by Gasteiger charge is -2.14. The van der Waals surface area contributed by atoms with Crippen molar-refractivity contribution in [1.29, 1.82) is 0 Å². The molecule has 2 aromatic rings. The smallest absolute Gasteiger partial charge is 0.255 e. The minimum Gasteiger partial charge on any atom is -0.497 e. The van der Waals surface area contributed by atoms with Gasteiger partial charge in [0.2, 0.25) is 0 Å². The number of methoxy groups -OCH3 is 2. The quantitative estimate of drug-likeness (QED) is 0.767. The van der Waals surface area contributed by atoms with Crippen molar-refractivity contribution in [3.63, 3.8) is 0 Å². The van der Waals surface area contributed by atoms with E-state index in [9.17, 15) is 9.59 Å². The molecule has 1 saturated heterocycles. The van der Waals surface area contributed by atoms with Gasteiger partial charge in [-0.15, -0.1) is 0 Å². The van der Waals surface area contributed by atoms with E-state index in [0.717, 1.165) is 19.4 Å². The van der Waals surface area contributed by atoms with Crippen LogP contribution in [0.4, 0.5) is 5.69 Å². The lowest BCUT2D eigenvalue weighted by molar-refractivity contribution is 0.0858. The summed E-state index contributed by atoms with van der Waals surface area (Å²) in [5.74, 6) is 0.394. The predicted octanol–water partition coefficient (Wildman–Crippen LogP) is 2.86. The topological polar surface area (TPSA) is 85.9 Å². The number of amides is 2. The number of anilines is 1. The van der Waals surface area contributed by atoms with Gasteiger partial charge in [0.15, 0.2) is 0 Å². The molecule has 0 unspecified atom stereocenters. The average Bonchev–Trinajstić information content (AvgIpc) is 3.25. The van der Waals surface area contributed by atoms with Gasteiger partial charge in [0.25, 0.3) is 11.8 Å². The molecule has 0 saturated carbocycles. The molecule has 1 heterocycles. The first kappa shape index (κ1) is 19.7. The summed E-state index contributed by atoms with van der Waals surface area (Å²) in [4.78, 5) is 25.3. The number of carbonyl (C=O) groups excluding carboxylic acids is 2. The zero-order chi connectivity index (χ0) is 19.9. The van der Waals surface area contributed by atoms with Crippen molar-refractivity contribution in [2.45, 2.75) is 18.9 Å². The Morgan fingerprint density at radius 2 is 1.79 bits per heavy atom. The van der Waals surface area contributed by atoms with Crippen molar-refractivity contribution in [3.8, 4) is 11.5 Å². The van der Waals surface area contributed by atoms with Crippen LogP contribution in [-0.4, -0.2) is 45.3 Å². The third kappa shape index (κ3) is 4.80. The average molecular weight is 384 g/mol. The Morgan fingerprint density at radius 3 is 2.43 bits per heavy atom. The first-order valence-corrected chi connectivity index (χ1v) is 9.14. The van der Waals surface area contributed by atoms with E-state index >= 15 is 0 Å². The van der Waals surface area contributed by atoms with E-state index in [1.165, 1.54) is 14.2 Å². The highest BCUT2D eigenvalue weighted by Gasteiger charge is 2.19. The highest BCUT2D eigenvalue weighted by molar-refractivity contribution is 6.09. The number of benzene rings is 2. The molecule has 0 spiro atoms. The predicted molar refractivity (Wildman–Crippen MR) is 105 cm³/mol.